The minimum Gasteiger partial charge on any atom is -0.484 e. The van der Waals surface area contributed by atoms with Gasteiger partial charge >= 0.3 is 0 Å². The van der Waals surface area contributed by atoms with Crippen molar-refractivity contribution in [2.24, 2.45) is 7.05 Å². The molecule has 0 aliphatic carbocycles. The fourth-order valence-corrected chi connectivity index (χ4v) is 1.87. The van der Waals surface area contributed by atoms with Gasteiger partial charge in [-0.3, -0.25) is 4.79 Å². The summed E-state index contributed by atoms with van der Waals surface area (Å²) < 4.78 is 7.03. The Bertz CT molecular complexity index is 645. The van der Waals surface area contributed by atoms with E-state index >= 15 is 0 Å². The monoisotopic (exact) mass is 318 g/mol. The van der Waals surface area contributed by atoms with Gasteiger partial charge in [-0.2, -0.15) is 0 Å². The van der Waals surface area contributed by atoms with Crippen molar-refractivity contribution in [1.82, 2.24) is 25.5 Å². The van der Waals surface area contributed by atoms with Gasteiger partial charge in [-0.15, -0.1) is 0 Å². The number of hydrogen-bond donors (Lipinski definition) is 2. The summed E-state index contributed by atoms with van der Waals surface area (Å²) in [6.07, 6.45) is 0. The molecule has 2 N–H and O–H groups in total. The van der Waals surface area contributed by atoms with Gasteiger partial charge in [-0.1, -0.05) is 17.2 Å². The third kappa shape index (κ3) is 5.57. The number of anilines is 1. The van der Waals surface area contributed by atoms with Crippen molar-refractivity contribution >= 4 is 11.9 Å². The fourth-order valence-electron chi connectivity index (χ4n) is 1.87. The smallest absolute Gasteiger partial charge is 0.258 e. The quantitative estimate of drug-likeness (QED) is 0.829. The van der Waals surface area contributed by atoms with Crippen molar-refractivity contribution in [3.63, 3.8) is 0 Å². The molecule has 0 unspecified atom stereocenters. The van der Waals surface area contributed by atoms with Gasteiger partial charge in [0.1, 0.15) is 5.75 Å². The zero-order valence-electron chi connectivity index (χ0n) is 13.8. The first-order valence-corrected chi connectivity index (χ1v) is 7.32. The lowest BCUT2D eigenvalue weighted by molar-refractivity contribution is -0.124. The summed E-state index contributed by atoms with van der Waals surface area (Å²) in [5.41, 5.74) is 0.796. The second-order valence-corrected chi connectivity index (χ2v) is 6.21. The molecule has 0 spiro atoms. The van der Waals surface area contributed by atoms with Crippen LogP contribution in [0.25, 0.3) is 0 Å². The zero-order valence-corrected chi connectivity index (χ0v) is 13.8. The minimum absolute atomic E-state index is 0.000520. The minimum atomic E-state index is -0.259. The summed E-state index contributed by atoms with van der Waals surface area (Å²) in [6.45, 7) is 6.39. The van der Waals surface area contributed by atoms with Crippen LogP contribution in [-0.2, 0) is 18.4 Å². The average Bonchev–Trinajstić information content (AvgIpc) is 2.87. The van der Waals surface area contributed by atoms with Gasteiger partial charge in [-0.05, 0) is 48.9 Å². The number of rotatable bonds is 6. The van der Waals surface area contributed by atoms with Crippen LogP contribution < -0.4 is 15.4 Å². The van der Waals surface area contributed by atoms with E-state index in [-0.39, 0.29) is 18.1 Å². The van der Waals surface area contributed by atoms with E-state index < -0.39 is 0 Å². The number of hydrogen-bond acceptors (Lipinski definition) is 6. The lowest BCUT2D eigenvalue weighted by atomic mass is 10.1. The van der Waals surface area contributed by atoms with E-state index in [0.29, 0.717) is 18.2 Å². The molecule has 124 valence electrons. The summed E-state index contributed by atoms with van der Waals surface area (Å²) in [5.74, 6) is 1.11. The van der Waals surface area contributed by atoms with Crippen LogP contribution >= 0.6 is 0 Å². The lowest BCUT2D eigenvalue weighted by Crippen LogP contribution is -2.43. The first-order chi connectivity index (χ1) is 10.8. The molecule has 0 bridgehead atoms. The molecule has 0 atom stereocenters. The van der Waals surface area contributed by atoms with Gasteiger partial charge in [-0.25, -0.2) is 4.68 Å². The van der Waals surface area contributed by atoms with E-state index in [2.05, 4.69) is 26.2 Å². The zero-order chi connectivity index (χ0) is 16.9. The molecular formula is C15H22N6O2. The summed E-state index contributed by atoms with van der Waals surface area (Å²) in [4.78, 5) is 11.7. The maximum atomic E-state index is 11.7. The molecule has 1 aromatic heterocycles. The fraction of sp³-hybridized carbons (Fsp3) is 0.467. The highest BCUT2D eigenvalue weighted by Gasteiger charge is 2.13. The van der Waals surface area contributed by atoms with Crippen LogP contribution in [0, 0.1) is 0 Å². The van der Waals surface area contributed by atoms with Gasteiger partial charge < -0.3 is 15.4 Å². The van der Waals surface area contributed by atoms with E-state index in [1.165, 1.54) is 0 Å². The van der Waals surface area contributed by atoms with Crippen LogP contribution in [-0.4, -0.2) is 38.3 Å². The Morgan fingerprint density at radius 1 is 1.26 bits per heavy atom. The molecule has 8 nitrogen and oxygen atoms in total. The van der Waals surface area contributed by atoms with E-state index in [4.69, 9.17) is 4.74 Å². The summed E-state index contributed by atoms with van der Waals surface area (Å²) in [6, 6.07) is 7.51. The molecule has 0 aliphatic rings. The first kappa shape index (κ1) is 16.7. The van der Waals surface area contributed by atoms with Crippen LogP contribution in [0.15, 0.2) is 24.3 Å². The van der Waals surface area contributed by atoms with Gasteiger partial charge in [0, 0.05) is 19.1 Å². The van der Waals surface area contributed by atoms with Crippen LogP contribution in [0.3, 0.4) is 0 Å². The molecule has 1 heterocycles. The topological polar surface area (TPSA) is 94.0 Å². The maximum absolute atomic E-state index is 11.7. The average molecular weight is 318 g/mol. The summed E-state index contributed by atoms with van der Waals surface area (Å²) in [5, 5.41) is 17.1. The number of carbonyl (C=O) groups excluding carboxylic acids is 1. The predicted molar refractivity (Wildman–Crippen MR) is 86.0 cm³/mol. The number of ether oxygens (including phenoxy) is 1. The van der Waals surface area contributed by atoms with Crippen LogP contribution in [0.5, 0.6) is 5.75 Å². The van der Waals surface area contributed by atoms with Crippen molar-refractivity contribution in [2.45, 2.75) is 32.9 Å². The van der Waals surface area contributed by atoms with Gasteiger partial charge in [0.15, 0.2) is 6.61 Å². The van der Waals surface area contributed by atoms with Crippen molar-refractivity contribution < 1.29 is 9.53 Å². The largest absolute Gasteiger partial charge is 0.484 e. The second-order valence-electron chi connectivity index (χ2n) is 6.21. The maximum Gasteiger partial charge on any atom is 0.258 e. The number of amides is 1. The second kappa shape index (κ2) is 7.08. The molecule has 2 aromatic rings. The Labute approximate surface area is 135 Å². The molecule has 0 saturated carbocycles. The predicted octanol–water partition coefficient (Wildman–Crippen LogP) is 1.12. The highest BCUT2D eigenvalue weighted by atomic mass is 16.5. The van der Waals surface area contributed by atoms with E-state index in [0.717, 1.165) is 5.56 Å². The Hall–Kier alpha value is -2.64. The molecule has 0 fully saturated rings. The van der Waals surface area contributed by atoms with E-state index in [9.17, 15) is 4.79 Å². The van der Waals surface area contributed by atoms with E-state index in [1.807, 2.05) is 45.0 Å². The van der Waals surface area contributed by atoms with Gasteiger partial charge in [0.2, 0.25) is 5.95 Å². The highest BCUT2D eigenvalue weighted by molar-refractivity contribution is 5.78. The van der Waals surface area contributed by atoms with Crippen LogP contribution in [0.2, 0.25) is 0 Å². The first-order valence-electron chi connectivity index (χ1n) is 7.32. The Morgan fingerprint density at radius 3 is 2.52 bits per heavy atom. The Morgan fingerprint density at radius 2 is 1.96 bits per heavy atom. The standard InChI is InChI=1S/C15H22N6O2/c1-15(2,3)17-13(22)10-23-12-7-5-11(6-8-12)9-16-14-18-19-20-21(14)4/h5-8H,9-10H2,1-4H3,(H,17,22)(H,16,18,20). The number of aryl methyl sites for hydroxylation is 1. The van der Waals surface area contributed by atoms with Crippen molar-refractivity contribution in [1.29, 1.82) is 0 Å². The number of nitrogens with one attached hydrogen (secondary N) is 2. The number of benzene rings is 1. The van der Waals surface area contributed by atoms with Crippen LogP contribution in [0.1, 0.15) is 26.3 Å². The third-order valence-electron chi connectivity index (χ3n) is 2.88. The molecule has 0 aliphatic heterocycles. The highest BCUT2D eigenvalue weighted by Crippen LogP contribution is 2.13. The molecule has 0 radical (unpaired) electrons. The SMILES string of the molecule is Cn1nnnc1NCc1ccc(OCC(=O)NC(C)(C)C)cc1. The molecule has 1 aromatic carbocycles. The number of carbonyl (C=O) groups is 1. The van der Waals surface area contributed by atoms with Crippen molar-refractivity contribution in [3.05, 3.63) is 29.8 Å². The Kier molecular flexibility index (Phi) is 5.15. The van der Waals surface area contributed by atoms with Gasteiger partial charge in [0.05, 0.1) is 0 Å². The van der Waals surface area contributed by atoms with Crippen LogP contribution in [0.4, 0.5) is 5.95 Å². The molecule has 23 heavy (non-hydrogen) atoms. The Balaban J connectivity index is 1.80. The summed E-state index contributed by atoms with van der Waals surface area (Å²) in [7, 11) is 1.77. The summed E-state index contributed by atoms with van der Waals surface area (Å²) >= 11 is 0. The van der Waals surface area contributed by atoms with Crippen molar-refractivity contribution in [3.8, 4) is 5.75 Å². The molecule has 2 rings (SSSR count). The molecular weight excluding hydrogens is 296 g/mol. The third-order valence-corrected chi connectivity index (χ3v) is 2.88. The van der Waals surface area contributed by atoms with Gasteiger partial charge in [0.25, 0.3) is 5.91 Å². The van der Waals surface area contributed by atoms with E-state index in [1.54, 1.807) is 11.7 Å². The normalized spacial score (nSPS) is 11.1. The molecule has 8 heteroatoms. The number of aromatic nitrogens is 4. The number of tetrazole rings is 1. The van der Waals surface area contributed by atoms with Crippen molar-refractivity contribution in [2.75, 3.05) is 11.9 Å². The number of nitrogens with zero attached hydrogens (tertiary/aromatic N) is 4. The molecule has 0 saturated heterocycles. The molecule has 1 amide bonds. The lowest BCUT2D eigenvalue weighted by Gasteiger charge is -2.20.